The zero-order chi connectivity index (χ0) is 12.6. The molecule has 1 aliphatic carbocycles. The highest BCUT2D eigenvalue weighted by Gasteiger charge is 2.58. The molecule has 1 saturated heterocycles. The van der Waals surface area contributed by atoms with Crippen LogP contribution in [0.4, 0.5) is 4.79 Å². The monoisotopic (exact) mass is 246 g/mol. The van der Waals surface area contributed by atoms with Gasteiger partial charge in [0, 0.05) is 0 Å². The van der Waals surface area contributed by atoms with Crippen molar-refractivity contribution in [2.45, 2.75) is 31.1 Å². The van der Waals surface area contributed by atoms with Gasteiger partial charge in [-0.1, -0.05) is 30.3 Å². The van der Waals surface area contributed by atoms with Crippen LogP contribution < -0.4 is 10.6 Å². The highest BCUT2D eigenvalue weighted by molar-refractivity contribution is 6.08. The van der Waals surface area contributed by atoms with E-state index in [1.165, 1.54) is 0 Å². The fourth-order valence-corrected chi connectivity index (χ4v) is 2.46. The Bertz CT molecular complexity index is 488. The molecule has 1 aromatic rings. The molecule has 1 heterocycles. The number of rotatable bonds is 3. The Balaban J connectivity index is 1.65. The molecular formula is C13H14N2O3. The maximum Gasteiger partial charge on any atom is 0.322 e. The van der Waals surface area contributed by atoms with Gasteiger partial charge in [-0.15, -0.1) is 0 Å². The van der Waals surface area contributed by atoms with Crippen LogP contribution in [0.3, 0.4) is 0 Å². The quantitative estimate of drug-likeness (QED) is 0.780. The smallest absolute Gasteiger partial charge is 0.322 e. The summed E-state index contributed by atoms with van der Waals surface area (Å²) in [4.78, 5) is 22.9. The Morgan fingerprint density at radius 1 is 1.28 bits per heavy atom. The van der Waals surface area contributed by atoms with Crippen molar-refractivity contribution in [3.05, 3.63) is 35.9 Å². The predicted octanol–water partition coefficient (Wildman–Crippen LogP) is 0.944. The van der Waals surface area contributed by atoms with E-state index in [-0.39, 0.29) is 12.0 Å². The summed E-state index contributed by atoms with van der Waals surface area (Å²) in [6.45, 7) is 0.455. The number of carbonyl (C=O) groups excluding carboxylic acids is 2. The van der Waals surface area contributed by atoms with Gasteiger partial charge in [0.05, 0.1) is 12.7 Å². The molecule has 2 N–H and O–H groups in total. The van der Waals surface area contributed by atoms with E-state index in [9.17, 15) is 9.59 Å². The molecule has 0 aromatic heterocycles. The SMILES string of the molecule is O=C1NC(=O)[C@]2(CCC2OCc2ccccc2)N1. The van der Waals surface area contributed by atoms with E-state index in [1.807, 2.05) is 30.3 Å². The number of nitrogens with one attached hydrogen (secondary N) is 2. The second-order valence-corrected chi connectivity index (χ2v) is 4.70. The molecule has 5 nitrogen and oxygen atoms in total. The third kappa shape index (κ3) is 1.67. The van der Waals surface area contributed by atoms with Crippen molar-refractivity contribution >= 4 is 11.9 Å². The molecule has 0 radical (unpaired) electrons. The van der Waals surface area contributed by atoms with Gasteiger partial charge in [0.1, 0.15) is 5.54 Å². The fraction of sp³-hybridized carbons (Fsp3) is 0.385. The van der Waals surface area contributed by atoms with Crippen LogP contribution in [0.1, 0.15) is 18.4 Å². The van der Waals surface area contributed by atoms with Crippen LogP contribution in [-0.2, 0) is 16.1 Å². The van der Waals surface area contributed by atoms with Gasteiger partial charge in [-0.3, -0.25) is 10.1 Å². The highest BCUT2D eigenvalue weighted by Crippen LogP contribution is 2.37. The van der Waals surface area contributed by atoms with E-state index in [0.29, 0.717) is 13.0 Å². The average Bonchev–Trinajstić information content (AvgIpc) is 2.67. The first-order valence-electron chi connectivity index (χ1n) is 6.00. The predicted molar refractivity (Wildman–Crippen MR) is 63.7 cm³/mol. The normalized spacial score (nSPS) is 29.9. The fourth-order valence-electron chi connectivity index (χ4n) is 2.46. The summed E-state index contributed by atoms with van der Waals surface area (Å²) in [6, 6.07) is 9.35. The molecule has 0 bridgehead atoms. The molecule has 1 aliphatic heterocycles. The van der Waals surface area contributed by atoms with Crippen molar-refractivity contribution in [3.8, 4) is 0 Å². The van der Waals surface area contributed by atoms with Crippen LogP contribution in [0.5, 0.6) is 0 Å². The molecule has 2 atom stereocenters. The zero-order valence-corrected chi connectivity index (χ0v) is 9.81. The number of hydrogen-bond donors (Lipinski definition) is 2. The van der Waals surface area contributed by atoms with Gasteiger partial charge in [-0.05, 0) is 18.4 Å². The minimum absolute atomic E-state index is 0.232. The summed E-state index contributed by atoms with van der Waals surface area (Å²) in [5, 5.41) is 4.95. The minimum atomic E-state index is -0.828. The van der Waals surface area contributed by atoms with E-state index in [1.54, 1.807) is 0 Å². The third-order valence-electron chi connectivity index (χ3n) is 3.61. The van der Waals surface area contributed by atoms with Crippen molar-refractivity contribution < 1.29 is 14.3 Å². The average molecular weight is 246 g/mol. The molecule has 2 aliphatic rings. The van der Waals surface area contributed by atoms with E-state index in [2.05, 4.69) is 10.6 Å². The number of imide groups is 1. The van der Waals surface area contributed by atoms with Crippen molar-refractivity contribution in [3.63, 3.8) is 0 Å². The zero-order valence-electron chi connectivity index (χ0n) is 9.81. The first kappa shape index (κ1) is 11.2. The summed E-state index contributed by atoms with van der Waals surface area (Å²) in [5.41, 5.74) is 0.232. The summed E-state index contributed by atoms with van der Waals surface area (Å²) >= 11 is 0. The van der Waals surface area contributed by atoms with E-state index in [0.717, 1.165) is 12.0 Å². The van der Waals surface area contributed by atoms with Crippen LogP contribution in [0.15, 0.2) is 30.3 Å². The van der Waals surface area contributed by atoms with Gasteiger partial charge < -0.3 is 10.1 Å². The van der Waals surface area contributed by atoms with Gasteiger partial charge in [0.25, 0.3) is 5.91 Å². The molecule has 1 aromatic carbocycles. The van der Waals surface area contributed by atoms with Crippen LogP contribution in [0.2, 0.25) is 0 Å². The summed E-state index contributed by atoms with van der Waals surface area (Å²) in [7, 11) is 0. The van der Waals surface area contributed by atoms with Gasteiger partial charge >= 0.3 is 6.03 Å². The second-order valence-electron chi connectivity index (χ2n) is 4.70. The van der Waals surface area contributed by atoms with E-state index >= 15 is 0 Å². The van der Waals surface area contributed by atoms with Crippen LogP contribution in [0, 0.1) is 0 Å². The van der Waals surface area contributed by atoms with Crippen LogP contribution >= 0.6 is 0 Å². The first-order chi connectivity index (χ1) is 8.71. The van der Waals surface area contributed by atoms with Crippen LogP contribution in [0.25, 0.3) is 0 Å². The number of ether oxygens (including phenoxy) is 1. The molecule has 1 saturated carbocycles. The Morgan fingerprint density at radius 2 is 2.06 bits per heavy atom. The van der Waals surface area contributed by atoms with E-state index in [4.69, 9.17) is 4.74 Å². The lowest BCUT2D eigenvalue weighted by molar-refractivity contribution is -0.141. The maximum absolute atomic E-state index is 11.7. The largest absolute Gasteiger partial charge is 0.371 e. The lowest BCUT2D eigenvalue weighted by Crippen LogP contribution is -2.64. The maximum atomic E-state index is 11.7. The molecule has 1 spiro atoms. The number of benzene rings is 1. The lowest BCUT2D eigenvalue weighted by atomic mass is 9.73. The summed E-state index contributed by atoms with van der Waals surface area (Å²) < 4.78 is 5.74. The van der Waals surface area contributed by atoms with Crippen molar-refractivity contribution in [2.75, 3.05) is 0 Å². The molecule has 94 valence electrons. The molecular weight excluding hydrogens is 232 g/mol. The van der Waals surface area contributed by atoms with Gasteiger partial charge in [-0.25, -0.2) is 4.79 Å². The minimum Gasteiger partial charge on any atom is -0.371 e. The molecule has 3 amide bonds. The molecule has 18 heavy (non-hydrogen) atoms. The van der Waals surface area contributed by atoms with Crippen molar-refractivity contribution in [1.82, 2.24) is 10.6 Å². The Morgan fingerprint density at radius 3 is 2.61 bits per heavy atom. The molecule has 3 rings (SSSR count). The molecule has 1 unspecified atom stereocenters. The number of hydrogen-bond acceptors (Lipinski definition) is 3. The second kappa shape index (κ2) is 4.10. The van der Waals surface area contributed by atoms with Gasteiger partial charge in [0.15, 0.2) is 0 Å². The molecule has 5 heteroatoms. The number of amides is 3. The Hall–Kier alpha value is -1.88. The topological polar surface area (TPSA) is 67.4 Å². The van der Waals surface area contributed by atoms with Crippen molar-refractivity contribution in [1.29, 1.82) is 0 Å². The van der Waals surface area contributed by atoms with Gasteiger partial charge in [-0.2, -0.15) is 0 Å². The number of urea groups is 1. The van der Waals surface area contributed by atoms with Crippen LogP contribution in [-0.4, -0.2) is 23.6 Å². The summed E-state index contributed by atoms with van der Waals surface area (Å²) in [5.74, 6) is -0.267. The summed E-state index contributed by atoms with van der Waals surface area (Å²) in [6.07, 6.45) is 1.20. The highest BCUT2D eigenvalue weighted by atomic mass is 16.5. The third-order valence-corrected chi connectivity index (χ3v) is 3.61. The number of carbonyl (C=O) groups is 2. The standard InChI is InChI=1S/C13H14N2O3/c16-11-13(15-12(17)14-11)7-6-10(13)18-8-9-4-2-1-3-5-9/h1-5,10H,6-8H2,(H2,14,15,16,17)/t10?,13-/m1/s1. The first-order valence-corrected chi connectivity index (χ1v) is 6.00. The van der Waals surface area contributed by atoms with Gasteiger partial charge in [0.2, 0.25) is 0 Å². The molecule has 2 fully saturated rings. The Kier molecular flexibility index (Phi) is 2.56. The Labute approximate surface area is 105 Å². The van der Waals surface area contributed by atoms with Crippen molar-refractivity contribution in [2.24, 2.45) is 0 Å². The van der Waals surface area contributed by atoms with E-state index < -0.39 is 11.6 Å². The lowest BCUT2D eigenvalue weighted by Gasteiger charge is -2.43.